The van der Waals surface area contributed by atoms with Gasteiger partial charge in [0, 0.05) is 11.0 Å². The summed E-state index contributed by atoms with van der Waals surface area (Å²) in [5.41, 5.74) is 14.2. The van der Waals surface area contributed by atoms with E-state index in [0.29, 0.717) is 6.42 Å². The Hall–Kier alpha value is -1.53. The van der Waals surface area contributed by atoms with Crippen LogP contribution in [0.1, 0.15) is 13.3 Å². The van der Waals surface area contributed by atoms with Gasteiger partial charge in [0.25, 0.3) is 0 Å². The van der Waals surface area contributed by atoms with Crippen molar-refractivity contribution in [3.05, 3.63) is 10.4 Å². The average molecular weight is 245 g/mol. The molecule has 1 fully saturated rings. The maximum absolute atomic E-state index is 12.7. The monoisotopic (exact) mass is 245 g/mol. The number of rotatable bonds is 4. The van der Waals surface area contributed by atoms with Gasteiger partial charge in [-0.2, -0.15) is 0 Å². The maximum atomic E-state index is 12.7. The van der Waals surface area contributed by atoms with Gasteiger partial charge < -0.3 is 15.8 Å². The van der Waals surface area contributed by atoms with Crippen molar-refractivity contribution in [1.29, 1.82) is 0 Å². The third-order valence-electron chi connectivity index (χ3n) is 2.83. The quantitative estimate of drug-likeness (QED) is 0.439. The lowest BCUT2D eigenvalue weighted by Gasteiger charge is -2.21. The van der Waals surface area contributed by atoms with E-state index in [4.69, 9.17) is 16.0 Å². The van der Waals surface area contributed by atoms with E-state index < -0.39 is 36.8 Å². The molecule has 17 heavy (non-hydrogen) atoms. The zero-order valence-corrected chi connectivity index (χ0v) is 9.54. The molecule has 0 unspecified atom stereocenters. The molecule has 0 spiro atoms. The molecular weight excluding hydrogens is 229 g/mol. The molecule has 0 bridgehead atoms. The van der Waals surface area contributed by atoms with Crippen molar-refractivity contribution in [2.45, 2.75) is 31.5 Å². The standard InChI is InChI=1S/C9H16FN5O2/c1-2-17-9(16)13-8-6(11)3-5(4-10)7(8)14-15-12/h5-8H,2-4,11H2,1H3,(H,13,16)/t5-,6-,7-,8-/m1/s1. The van der Waals surface area contributed by atoms with Crippen LogP contribution in [-0.2, 0) is 4.74 Å². The third kappa shape index (κ3) is 3.21. The van der Waals surface area contributed by atoms with E-state index in [1.807, 2.05) is 0 Å². The van der Waals surface area contributed by atoms with Crippen molar-refractivity contribution in [2.75, 3.05) is 13.3 Å². The molecule has 1 aliphatic rings. The van der Waals surface area contributed by atoms with Gasteiger partial charge in [-0.15, -0.1) is 0 Å². The maximum Gasteiger partial charge on any atom is 0.407 e. The molecule has 1 amide bonds. The van der Waals surface area contributed by atoms with E-state index in [-0.39, 0.29) is 6.61 Å². The highest BCUT2D eigenvalue weighted by Crippen LogP contribution is 2.29. The number of azide groups is 1. The molecule has 0 aromatic carbocycles. The molecule has 1 saturated carbocycles. The van der Waals surface area contributed by atoms with Crippen LogP contribution in [0.4, 0.5) is 9.18 Å². The molecule has 8 heteroatoms. The lowest BCUT2D eigenvalue weighted by molar-refractivity contribution is 0.145. The minimum absolute atomic E-state index is 0.229. The van der Waals surface area contributed by atoms with Crippen LogP contribution in [0.3, 0.4) is 0 Å². The molecule has 0 aromatic heterocycles. The molecule has 1 rings (SSSR count). The SMILES string of the molecule is CCOC(=O)N[C@H]1[C@H](N=[N+]=[N-])[C@@H](CF)C[C@H]1N. The number of nitrogens with one attached hydrogen (secondary N) is 1. The minimum atomic E-state index is -0.663. The summed E-state index contributed by atoms with van der Waals surface area (Å²) in [5, 5.41) is 6.02. The summed E-state index contributed by atoms with van der Waals surface area (Å²) in [6.45, 7) is 1.27. The Bertz CT molecular complexity index is 321. The Morgan fingerprint density at radius 2 is 2.47 bits per heavy atom. The fourth-order valence-corrected chi connectivity index (χ4v) is 2.06. The number of alkyl halides is 1. The van der Waals surface area contributed by atoms with Crippen LogP contribution in [0, 0.1) is 5.92 Å². The summed E-state index contributed by atoms with van der Waals surface area (Å²) in [4.78, 5) is 13.9. The van der Waals surface area contributed by atoms with E-state index >= 15 is 0 Å². The Labute approximate surface area is 98.1 Å². The topological polar surface area (TPSA) is 113 Å². The molecule has 0 aromatic rings. The van der Waals surface area contributed by atoms with Gasteiger partial charge in [-0.05, 0) is 24.8 Å². The van der Waals surface area contributed by atoms with E-state index in [9.17, 15) is 9.18 Å². The van der Waals surface area contributed by atoms with Crippen molar-refractivity contribution in [3.63, 3.8) is 0 Å². The van der Waals surface area contributed by atoms with E-state index in [1.54, 1.807) is 6.92 Å². The minimum Gasteiger partial charge on any atom is -0.450 e. The average Bonchev–Trinajstić information content (AvgIpc) is 2.58. The van der Waals surface area contributed by atoms with Crippen LogP contribution in [-0.4, -0.2) is 37.5 Å². The normalized spacial score (nSPS) is 31.7. The van der Waals surface area contributed by atoms with Crippen molar-refractivity contribution in [2.24, 2.45) is 16.8 Å². The van der Waals surface area contributed by atoms with Gasteiger partial charge in [0.05, 0.1) is 25.4 Å². The molecule has 0 radical (unpaired) electrons. The summed E-state index contributed by atoms with van der Waals surface area (Å²) in [6, 6.07) is -1.68. The Balaban J connectivity index is 2.72. The van der Waals surface area contributed by atoms with E-state index in [1.165, 1.54) is 0 Å². The van der Waals surface area contributed by atoms with E-state index in [2.05, 4.69) is 15.3 Å². The van der Waals surface area contributed by atoms with Crippen LogP contribution in [0.15, 0.2) is 5.11 Å². The number of nitrogens with zero attached hydrogens (tertiary/aromatic N) is 3. The highest BCUT2D eigenvalue weighted by atomic mass is 19.1. The Morgan fingerprint density at radius 3 is 3.00 bits per heavy atom. The van der Waals surface area contributed by atoms with Gasteiger partial charge in [-0.3, -0.25) is 4.39 Å². The molecule has 0 aliphatic heterocycles. The first-order valence-corrected chi connectivity index (χ1v) is 5.43. The lowest BCUT2D eigenvalue weighted by atomic mass is 10.0. The number of amides is 1. The second-order valence-electron chi connectivity index (χ2n) is 3.90. The van der Waals surface area contributed by atoms with Crippen LogP contribution in [0.2, 0.25) is 0 Å². The van der Waals surface area contributed by atoms with Crippen LogP contribution < -0.4 is 11.1 Å². The summed E-state index contributed by atoms with van der Waals surface area (Å²) < 4.78 is 17.4. The second kappa shape index (κ2) is 6.27. The number of hydrogen-bond donors (Lipinski definition) is 2. The van der Waals surface area contributed by atoms with Crippen molar-refractivity contribution in [1.82, 2.24) is 5.32 Å². The summed E-state index contributed by atoms with van der Waals surface area (Å²) in [6.07, 6.45) is -0.261. The molecule has 7 nitrogen and oxygen atoms in total. The number of halogens is 1. The molecule has 0 saturated heterocycles. The zero-order valence-electron chi connectivity index (χ0n) is 9.54. The number of carbonyl (C=O) groups is 1. The third-order valence-corrected chi connectivity index (χ3v) is 2.83. The number of alkyl carbamates (subject to hydrolysis) is 1. The summed E-state index contributed by atoms with van der Waals surface area (Å²) >= 11 is 0. The molecule has 0 heterocycles. The van der Waals surface area contributed by atoms with Gasteiger partial charge in [0.15, 0.2) is 0 Å². The fourth-order valence-electron chi connectivity index (χ4n) is 2.06. The first-order valence-electron chi connectivity index (χ1n) is 5.43. The van der Waals surface area contributed by atoms with Crippen molar-refractivity contribution < 1.29 is 13.9 Å². The smallest absolute Gasteiger partial charge is 0.407 e. The molecule has 1 aliphatic carbocycles. The second-order valence-corrected chi connectivity index (χ2v) is 3.90. The summed E-state index contributed by atoms with van der Waals surface area (Å²) in [7, 11) is 0. The van der Waals surface area contributed by atoms with Crippen LogP contribution >= 0.6 is 0 Å². The first-order chi connectivity index (χ1) is 8.13. The highest BCUT2D eigenvalue weighted by Gasteiger charge is 2.42. The van der Waals surface area contributed by atoms with Crippen LogP contribution in [0.25, 0.3) is 10.4 Å². The Morgan fingerprint density at radius 1 is 1.76 bits per heavy atom. The van der Waals surface area contributed by atoms with E-state index in [0.717, 1.165) is 0 Å². The zero-order chi connectivity index (χ0) is 12.8. The lowest BCUT2D eigenvalue weighted by Crippen LogP contribution is -2.49. The van der Waals surface area contributed by atoms with Crippen molar-refractivity contribution >= 4 is 6.09 Å². The number of ether oxygens (including phenoxy) is 1. The summed E-state index contributed by atoms with van der Waals surface area (Å²) in [5.74, 6) is -0.451. The predicted molar refractivity (Wildman–Crippen MR) is 58.9 cm³/mol. The number of hydrogen-bond acceptors (Lipinski definition) is 4. The number of nitrogens with two attached hydrogens (primary N) is 1. The van der Waals surface area contributed by atoms with Gasteiger partial charge in [-0.25, -0.2) is 4.79 Å². The van der Waals surface area contributed by atoms with Gasteiger partial charge in [0.1, 0.15) is 0 Å². The Kier molecular flexibility index (Phi) is 4.99. The number of carbonyl (C=O) groups excluding carboxylic acids is 1. The van der Waals surface area contributed by atoms with Gasteiger partial charge in [-0.1, -0.05) is 5.11 Å². The molecule has 96 valence electrons. The van der Waals surface area contributed by atoms with Gasteiger partial charge >= 0.3 is 6.09 Å². The first kappa shape index (κ1) is 13.5. The van der Waals surface area contributed by atoms with Crippen molar-refractivity contribution in [3.8, 4) is 0 Å². The van der Waals surface area contributed by atoms with Crippen LogP contribution in [0.5, 0.6) is 0 Å². The molecular formula is C9H16FN5O2. The molecule has 3 N–H and O–H groups in total. The molecule has 4 atom stereocenters. The predicted octanol–water partition coefficient (Wildman–Crippen LogP) is 1.10. The van der Waals surface area contributed by atoms with Gasteiger partial charge in [0.2, 0.25) is 0 Å². The fraction of sp³-hybridized carbons (Fsp3) is 0.889. The highest BCUT2D eigenvalue weighted by molar-refractivity contribution is 5.67. The largest absolute Gasteiger partial charge is 0.450 e.